The summed E-state index contributed by atoms with van der Waals surface area (Å²) in [5.74, 6) is 6.76. The highest BCUT2D eigenvalue weighted by atomic mass is 32.2. The average molecular weight is 626 g/mol. The number of nitrogens with one attached hydrogen (secondary N) is 3. The van der Waals surface area contributed by atoms with Crippen molar-refractivity contribution in [3.63, 3.8) is 0 Å². The lowest BCUT2D eigenvalue weighted by Gasteiger charge is -2.47. The molecule has 2 atom stereocenters. The van der Waals surface area contributed by atoms with E-state index in [1.165, 1.54) is 18.7 Å². The molecule has 3 aromatic rings. The van der Waals surface area contributed by atoms with Crippen LogP contribution in [0.25, 0.3) is 5.52 Å². The predicted octanol–water partition coefficient (Wildman–Crippen LogP) is 3.95. The molecule has 3 aliphatic rings. The number of likely N-dealkylation sites (tertiary alicyclic amines) is 1. The van der Waals surface area contributed by atoms with Crippen LogP contribution in [0.2, 0.25) is 0 Å². The maximum atomic E-state index is 13.6. The van der Waals surface area contributed by atoms with Gasteiger partial charge in [-0.2, -0.15) is 23.5 Å². The zero-order valence-electron chi connectivity index (χ0n) is 24.0. The summed E-state index contributed by atoms with van der Waals surface area (Å²) in [6.45, 7) is 2.42. The molecule has 2 aliphatic heterocycles. The van der Waals surface area contributed by atoms with Gasteiger partial charge in [-0.25, -0.2) is 4.52 Å². The summed E-state index contributed by atoms with van der Waals surface area (Å²) < 4.78 is 53.1. The van der Waals surface area contributed by atoms with Crippen LogP contribution in [0, 0.1) is 29.1 Å². The van der Waals surface area contributed by atoms with Gasteiger partial charge in [-0.05, 0) is 66.8 Å². The van der Waals surface area contributed by atoms with Crippen LogP contribution in [0.1, 0.15) is 28.9 Å². The molecule has 3 N–H and O–H groups in total. The van der Waals surface area contributed by atoms with Gasteiger partial charge in [0.1, 0.15) is 17.3 Å². The largest absolute Gasteiger partial charge is 0.495 e. The molecule has 4 heterocycles. The number of benzene rings is 1. The van der Waals surface area contributed by atoms with E-state index in [4.69, 9.17) is 9.47 Å². The van der Waals surface area contributed by atoms with Crippen LogP contribution in [0.4, 0.5) is 24.7 Å². The Labute approximate surface area is 256 Å². The Morgan fingerprint density at radius 3 is 2.77 bits per heavy atom. The zero-order chi connectivity index (χ0) is 31.1. The maximum Gasteiger partial charge on any atom is 0.446 e. The Kier molecular flexibility index (Phi) is 7.78. The third-order valence-corrected chi connectivity index (χ3v) is 9.31. The number of piperidine rings is 1. The highest BCUT2D eigenvalue weighted by Crippen LogP contribution is 2.53. The number of anilines is 2. The first-order chi connectivity index (χ1) is 21.1. The maximum absolute atomic E-state index is 13.6. The number of hydrogen-bond acceptors (Lipinski definition) is 9. The molecule has 0 bridgehead atoms. The molecular formula is C30H30F3N7O3S. The minimum absolute atomic E-state index is 0.0194. The number of carbonyl (C=O) groups excluding carboxylic acids is 1. The monoisotopic (exact) mass is 625 g/mol. The molecule has 3 fully saturated rings. The highest BCUT2D eigenvalue weighted by Gasteiger charge is 2.60. The SMILES string of the molecule is CNC(=O)c1ccc(NCC#Cc2nn3c(NC45CCN(C6(C#N)COC6)CC4C5)cccc3c2SC(F)(F)F)c(OC)c1. The van der Waals surface area contributed by atoms with Crippen LogP contribution < -0.4 is 20.7 Å². The molecule has 44 heavy (non-hydrogen) atoms. The Bertz CT molecular complexity index is 1710. The van der Waals surface area contributed by atoms with Crippen molar-refractivity contribution in [2.45, 2.75) is 34.3 Å². The minimum Gasteiger partial charge on any atom is -0.495 e. The molecular weight excluding hydrogens is 595 g/mol. The summed E-state index contributed by atoms with van der Waals surface area (Å²) in [5.41, 5.74) is -3.95. The lowest BCUT2D eigenvalue weighted by molar-refractivity contribution is -0.114. The van der Waals surface area contributed by atoms with Gasteiger partial charge in [-0.1, -0.05) is 12.0 Å². The molecule has 2 aromatic heterocycles. The first kappa shape index (κ1) is 29.9. The van der Waals surface area contributed by atoms with Gasteiger partial charge in [0.05, 0.1) is 49.0 Å². The van der Waals surface area contributed by atoms with Gasteiger partial charge >= 0.3 is 5.51 Å². The van der Waals surface area contributed by atoms with E-state index in [1.54, 1.807) is 30.3 Å². The molecule has 1 aliphatic carbocycles. The first-order valence-corrected chi connectivity index (χ1v) is 14.8. The molecule has 230 valence electrons. The van der Waals surface area contributed by atoms with Crippen molar-refractivity contribution in [1.82, 2.24) is 19.8 Å². The van der Waals surface area contributed by atoms with E-state index in [0.29, 0.717) is 47.5 Å². The molecule has 10 nitrogen and oxygen atoms in total. The summed E-state index contributed by atoms with van der Waals surface area (Å²) in [6, 6.07) is 12.4. The van der Waals surface area contributed by atoms with Crippen molar-refractivity contribution in [3.05, 3.63) is 47.7 Å². The molecule has 1 amide bonds. The molecule has 6 rings (SSSR count). The number of pyridine rings is 1. The molecule has 1 aromatic carbocycles. The number of nitriles is 1. The van der Waals surface area contributed by atoms with E-state index < -0.39 is 11.0 Å². The number of rotatable bonds is 8. The molecule has 1 saturated carbocycles. The van der Waals surface area contributed by atoms with Gasteiger partial charge in [0.2, 0.25) is 0 Å². The van der Waals surface area contributed by atoms with E-state index in [9.17, 15) is 23.2 Å². The van der Waals surface area contributed by atoms with E-state index in [0.717, 1.165) is 25.9 Å². The van der Waals surface area contributed by atoms with Gasteiger partial charge < -0.3 is 25.4 Å². The topological polar surface area (TPSA) is 116 Å². The smallest absolute Gasteiger partial charge is 0.446 e. The third-order valence-electron chi connectivity index (χ3n) is 8.47. The summed E-state index contributed by atoms with van der Waals surface area (Å²) in [7, 11) is 3.01. The second-order valence-corrected chi connectivity index (χ2v) is 12.2. The second-order valence-electron chi connectivity index (χ2n) is 11.1. The molecule has 0 radical (unpaired) electrons. The Balaban J connectivity index is 1.22. The fourth-order valence-electron chi connectivity index (χ4n) is 5.92. The minimum atomic E-state index is -4.53. The normalized spacial score (nSPS) is 22.0. The van der Waals surface area contributed by atoms with Gasteiger partial charge in [0.15, 0.2) is 5.54 Å². The quantitative estimate of drug-likeness (QED) is 0.253. The number of carbonyl (C=O) groups is 1. The fourth-order valence-corrected chi connectivity index (χ4v) is 6.60. The van der Waals surface area contributed by atoms with Crippen LogP contribution in [-0.4, -0.2) is 84.0 Å². The van der Waals surface area contributed by atoms with Crippen LogP contribution in [-0.2, 0) is 4.74 Å². The van der Waals surface area contributed by atoms with Crippen molar-refractivity contribution < 1.29 is 27.4 Å². The number of aromatic nitrogens is 2. The van der Waals surface area contributed by atoms with E-state index in [2.05, 4.69) is 43.9 Å². The van der Waals surface area contributed by atoms with E-state index in [-0.39, 0.29) is 40.3 Å². The number of fused-ring (bicyclic) bond motifs is 2. The van der Waals surface area contributed by atoms with Crippen LogP contribution in [0.3, 0.4) is 0 Å². The molecule has 2 saturated heterocycles. The van der Waals surface area contributed by atoms with Gasteiger partial charge in [0, 0.05) is 31.2 Å². The number of ether oxygens (including phenoxy) is 2. The van der Waals surface area contributed by atoms with Crippen molar-refractivity contribution in [1.29, 1.82) is 5.26 Å². The standard InChI is InChI=1S/C30H30F3N7O3S/c1-35-27(41)19-8-9-21(24(13-19)42-2)36-11-4-5-22-26(44-30(31,32)33)23-6-3-7-25(40(23)38-22)37-29-10-12-39(15-20(29)14-29)28(16-34)17-43-18-28/h3,6-9,13,20,36-37H,10-12,14-15,17-18H2,1-2H3,(H,35,41). The van der Waals surface area contributed by atoms with Crippen molar-refractivity contribution in [3.8, 4) is 23.7 Å². The Morgan fingerprint density at radius 1 is 1.30 bits per heavy atom. The van der Waals surface area contributed by atoms with E-state index >= 15 is 0 Å². The summed E-state index contributed by atoms with van der Waals surface area (Å²) >= 11 is -0.232. The zero-order valence-corrected chi connectivity index (χ0v) is 24.9. The number of amides is 1. The van der Waals surface area contributed by atoms with Gasteiger partial charge in [-0.3, -0.25) is 9.69 Å². The molecule has 2 unspecified atom stereocenters. The van der Waals surface area contributed by atoms with Crippen molar-refractivity contribution in [2.75, 3.05) is 57.6 Å². The molecule has 0 spiro atoms. The first-order valence-electron chi connectivity index (χ1n) is 14.0. The number of nitrogens with zero attached hydrogens (tertiary/aromatic N) is 4. The summed E-state index contributed by atoms with van der Waals surface area (Å²) in [4.78, 5) is 14.1. The van der Waals surface area contributed by atoms with Crippen LogP contribution >= 0.6 is 11.8 Å². The predicted molar refractivity (Wildman–Crippen MR) is 159 cm³/mol. The fraction of sp³-hybridized carbons (Fsp3) is 0.433. The van der Waals surface area contributed by atoms with Crippen molar-refractivity contribution in [2.24, 2.45) is 5.92 Å². The lowest BCUT2D eigenvalue weighted by Crippen LogP contribution is -2.63. The number of hydrogen-bond donors (Lipinski definition) is 3. The number of thioether (sulfide) groups is 1. The van der Waals surface area contributed by atoms with Gasteiger partial charge in [-0.15, -0.1) is 0 Å². The number of alkyl halides is 3. The Morgan fingerprint density at radius 2 is 2.11 bits per heavy atom. The third kappa shape index (κ3) is 5.61. The lowest BCUT2D eigenvalue weighted by atomic mass is 9.92. The molecule has 14 heteroatoms. The van der Waals surface area contributed by atoms with Gasteiger partial charge in [0.25, 0.3) is 5.91 Å². The number of methoxy groups -OCH3 is 1. The summed E-state index contributed by atoms with van der Waals surface area (Å²) in [5, 5.41) is 23.4. The highest BCUT2D eigenvalue weighted by molar-refractivity contribution is 8.00. The van der Waals surface area contributed by atoms with E-state index in [1.807, 2.05) is 6.07 Å². The van der Waals surface area contributed by atoms with Crippen LogP contribution in [0.5, 0.6) is 5.75 Å². The summed E-state index contributed by atoms with van der Waals surface area (Å²) in [6.07, 6.45) is 1.70. The Hall–Kier alpha value is -4.11. The number of halogens is 3. The van der Waals surface area contributed by atoms with Crippen molar-refractivity contribution >= 4 is 34.7 Å². The van der Waals surface area contributed by atoms with Crippen LogP contribution in [0.15, 0.2) is 41.3 Å². The second kappa shape index (κ2) is 11.4. The average Bonchev–Trinajstić information content (AvgIpc) is 3.59.